The van der Waals surface area contributed by atoms with E-state index in [1.54, 1.807) is 6.08 Å². The molecule has 2 aliphatic rings. The summed E-state index contributed by atoms with van der Waals surface area (Å²) in [5.41, 5.74) is -0.529. The predicted octanol–water partition coefficient (Wildman–Crippen LogP) is 4.30. The van der Waals surface area contributed by atoms with Crippen molar-refractivity contribution in [1.29, 1.82) is 0 Å². The van der Waals surface area contributed by atoms with Crippen LogP contribution in [0.2, 0.25) is 0 Å². The van der Waals surface area contributed by atoms with E-state index in [1.165, 1.54) is 19.3 Å². The van der Waals surface area contributed by atoms with Gasteiger partial charge in [-0.25, -0.2) is 0 Å². The van der Waals surface area contributed by atoms with Crippen molar-refractivity contribution in [1.82, 2.24) is 0 Å². The largest absolute Gasteiger partial charge is 0.464 e. The molecule has 0 aromatic rings. The summed E-state index contributed by atoms with van der Waals surface area (Å²) in [4.78, 5) is 36.6. The SMILES string of the molecule is CC[C@H](C)/C=C(C)/C=C/C1=CC2=C(Cl)C(=O)[C@](C)(OC(C)=O)C(=O)C2=CO1. The summed E-state index contributed by atoms with van der Waals surface area (Å²) in [6.07, 6.45) is 9.60. The molecule has 0 spiro atoms. The molecule has 1 heterocycles. The molecule has 2 atom stereocenters. The van der Waals surface area contributed by atoms with Gasteiger partial charge in [0.1, 0.15) is 12.0 Å². The monoisotopic (exact) mass is 390 g/mol. The molecule has 0 unspecified atom stereocenters. The van der Waals surface area contributed by atoms with E-state index in [2.05, 4.69) is 19.9 Å². The van der Waals surface area contributed by atoms with E-state index < -0.39 is 23.1 Å². The van der Waals surface area contributed by atoms with Crippen LogP contribution in [-0.4, -0.2) is 23.1 Å². The molecule has 0 radical (unpaired) electrons. The zero-order chi connectivity index (χ0) is 20.4. The van der Waals surface area contributed by atoms with Gasteiger partial charge in [-0.1, -0.05) is 49.6 Å². The Kier molecular flexibility index (Phi) is 6.26. The maximum Gasteiger partial charge on any atom is 0.304 e. The summed E-state index contributed by atoms with van der Waals surface area (Å²) >= 11 is 6.20. The Morgan fingerprint density at radius 3 is 2.59 bits per heavy atom. The van der Waals surface area contributed by atoms with Crippen LogP contribution in [0, 0.1) is 5.92 Å². The maximum atomic E-state index is 12.7. The molecule has 27 heavy (non-hydrogen) atoms. The fraction of sp³-hybridized carbons (Fsp3) is 0.381. The zero-order valence-corrected chi connectivity index (χ0v) is 16.8. The molecule has 2 rings (SSSR count). The lowest BCUT2D eigenvalue weighted by Gasteiger charge is -2.32. The van der Waals surface area contributed by atoms with Gasteiger partial charge in [0.2, 0.25) is 17.2 Å². The topological polar surface area (TPSA) is 69.7 Å². The maximum absolute atomic E-state index is 12.7. The summed E-state index contributed by atoms with van der Waals surface area (Å²) in [6, 6.07) is 0. The van der Waals surface area contributed by atoms with E-state index in [9.17, 15) is 14.4 Å². The van der Waals surface area contributed by atoms with E-state index in [0.29, 0.717) is 11.7 Å². The number of allylic oxidation sites excluding steroid dienone is 6. The van der Waals surface area contributed by atoms with Crippen LogP contribution in [0.5, 0.6) is 0 Å². The first-order valence-corrected chi connectivity index (χ1v) is 9.12. The number of ether oxygens (including phenoxy) is 2. The normalized spacial score (nSPS) is 24.3. The number of carbonyl (C=O) groups excluding carboxylic acids is 3. The summed E-state index contributed by atoms with van der Waals surface area (Å²) in [6.45, 7) is 8.60. The molecule has 0 amide bonds. The number of hydrogen-bond acceptors (Lipinski definition) is 5. The standard InChI is InChI=1S/C21H23ClO5/c1-6-12(2)9-13(3)7-8-15-10-16-17(11-26-15)19(24)21(5,27-14(4)23)20(25)18(16)22/h7-12H,6H2,1-5H3/b8-7+,13-9+/t12-,21+/m0/s1. The lowest BCUT2D eigenvalue weighted by atomic mass is 9.80. The minimum atomic E-state index is -1.97. The third kappa shape index (κ3) is 4.30. The lowest BCUT2D eigenvalue weighted by molar-refractivity contribution is -0.167. The summed E-state index contributed by atoms with van der Waals surface area (Å²) in [5.74, 6) is -1.24. The van der Waals surface area contributed by atoms with Gasteiger partial charge in [0.05, 0.1) is 10.6 Å². The van der Waals surface area contributed by atoms with Crippen LogP contribution in [0.25, 0.3) is 0 Å². The number of ketones is 2. The van der Waals surface area contributed by atoms with Gasteiger partial charge in [-0.3, -0.25) is 14.4 Å². The van der Waals surface area contributed by atoms with Gasteiger partial charge in [-0.15, -0.1) is 0 Å². The molecule has 0 fully saturated rings. The molecule has 0 saturated carbocycles. The highest BCUT2D eigenvalue weighted by Gasteiger charge is 2.52. The van der Waals surface area contributed by atoms with Gasteiger partial charge in [0.15, 0.2) is 0 Å². The summed E-state index contributed by atoms with van der Waals surface area (Å²) in [7, 11) is 0. The number of carbonyl (C=O) groups is 3. The molecule has 1 aliphatic carbocycles. The molecule has 0 aromatic carbocycles. The second-order valence-corrected chi connectivity index (χ2v) is 7.22. The number of fused-ring (bicyclic) bond motifs is 1. The molecule has 144 valence electrons. The van der Waals surface area contributed by atoms with Gasteiger partial charge in [0, 0.05) is 12.5 Å². The number of hydrogen-bond donors (Lipinski definition) is 0. The van der Waals surface area contributed by atoms with Crippen LogP contribution in [0.1, 0.15) is 41.0 Å². The zero-order valence-electron chi connectivity index (χ0n) is 16.1. The first-order valence-electron chi connectivity index (χ1n) is 8.74. The fourth-order valence-corrected chi connectivity index (χ4v) is 3.13. The van der Waals surface area contributed by atoms with Crippen molar-refractivity contribution in [2.24, 2.45) is 5.92 Å². The van der Waals surface area contributed by atoms with Crippen molar-refractivity contribution in [3.8, 4) is 0 Å². The Hall–Kier alpha value is -2.40. The van der Waals surface area contributed by atoms with Crippen molar-refractivity contribution in [2.75, 3.05) is 0 Å². The minimum Gasteiger partial charge on any atom is -0.464 e. The highest BCUT2D eigenvalue weighted by atomic mass is 35.5. The number of esters is 1. The van der Waals surface area contributed by atoms with Crippen molar-refractivity contribution >= 4 is 29.1 Å². The Balaban J connectivity index is 2.36. The number of rotatable bonds is 5. The van der Waals surface area contributed by atoms with E-state index in [0.717, 1.165) is 18.9 Å². The summed E-state index contributed by atoms with van der Waals surface area (Å²) in [5, 5.41) is -0.161. The van der Waals surface area contributed by atoms with Crippen molar-refractivity contribution in [2.45, 2.75) is 46.6 Å². The van der Waals surface area contributed by atoms with E-state index in [-0.39, 0.29) is 16.2 Å². The van der Waals surface area contributed by atoms with Gasteiger partial charge in [-0.05, 0) is 31.9 Å². The molecule has 5 nitrogen and oxygen atoms in total. The van der Waals surface area contributed by atoms with Crippen molar-refractivity contribution in [3.05, 3.63) is 58.1 Å². The highest BCUT2D eigenvalue weighted by Crippen LogP contribution is 2.38. The van der Waals surface area contributed by atoms with Crippen LogP contribution in [0.15, 0.2) is 58.1 Å². The molecular weight excluding hydrogens is 368 g/mol. The van der Waals surface area contributed by atoms with Crippen LogP contribution in [0.3, 0.4) is 0 Å². The van der Waals surface area contributed by atoms with Crippen molar-refractivity contribution in [3.63, 3.8) is 0 Å². The van der Waals surface area contributed by atoms with E-state index in [1.807, 2.05) is 13.0 Å². The van der Waals surface area contributed by atoms with E-state index in [4.69, 9.17) is 21.1 Å². The first kappa shape index (κ1) is 20.9. The molecule has 1 aliphatic heterocycles. The van der Waals surface area contributed by atoms with Gasteiger partial charge in [0.25, 0.3) is 0 Å². The lowest BCUT2D eigenvalue weighted by Crippen LogP contribution is -2.51. The Morgan fingerprint density at radius 2 is 2.00 bits per heavy atom. The highest BCUT2D eigenvalue weighted by molar-refractivity contribution is 6.49. The molecule has 6 heteroatoms. The Morgan fingerprint density at radius 1 is 1.33 bits per heavy atom. The van der Waals surface area contributed by atoms with Crippen LogP contribution in [-0.2, 0) is 23.9 Å². The second kappa shape index (κ2) is 8.09. The van der Waals surface area contributed by atoms with Crippen molar-refractivity contribution < 1.29 is 23.9 Å². The Bertz CT molecular complexity index is 841. The predicted molar refractivity (Wildman–Crippen MR) is 103 cm³/mol. The molecule has 0 N–H and O–H groups in total. The average Bonchev–Trinajstić information content (AvgIpc) is 2.62. The van der Waals surface area contributed by atoms with Crippen LogP contribution in [0.4, 0.5) is 0 Å². The number of halogens is 1. The quantitative estimate of drug-likeness (QED) is 0.397. The van der Waals surface area contributed by atoms with Gasteiger partial charge >= 0.3 is 5.97 Å². The second-order valence-electron chi connectivity index (χ2n) is 6.84. The number of Topliss-reactive ketones (excluding diaryl/α,β-unsaturated/α-hetero) is 2. The third-order valence-electron chi connectivity index (χ3n) is 4.49. The van der Waals surface area contributed by atoms with Crippen LogP contribution < -0.4 is 0 Å². The molecule has 0 aromatic heterocycles. The fourth-order valence-electron chi connectivity index (χ4n) is 2.80. The summed E-state index contributed by atoms with van der Waals surface area (Å²) < 4.78 is 10.5. The van der Waals surface area contributed by atoms with Crippen LogP contribution >= 0.6 is 11.6 Å². The smallest absolute Gasteiger partial charge is 0.304 e. The third-order valence-corrected chi connectivity index (χ3v) is 4.86. The van der Waals surface area contributed by atoms with E-state index >= 15 is 0 Å². The average molecular weight is 391 g/mol. The Labute approximate surface area is 164 Å². The molecule has 0 bridgehead atoms. The minimum absolute atomic E-state index is 0.104. The molecular formula is C21H23ClO5. The van der Waals surface area contributed by atoms with Gasteiger partial charge < -0.3 is 9.47 Å². The molecule has 0 saturated heterocycles. The van der Waals surface area contributed by atoms with Gasteiger partial charge in [-0.2, -0.15) is 0 Å². The first-order chi connectivity index (χ1) is 12.6.